The van der Waals surface area contributed by atoms with E-state index in [1.165, 1.54) is 14.2 Å². The number of phenols is 1. The first-order valence-electron chi connectivity index (χ1n) is 13.3. The van der Waals surface area contributed by atoms with E-state index in [9.17, 15) is 10.2 Å². The summed E-state index contributed by atoms with van der Waals surface area (Å²) in [5.41, 5.74) is 8.08. The van der Waals surface area contributed by atoms with Gasteiger partial charge in [0, 0.05) is 52.5 Å². The van der Waals surface area contributed by atoms with Gasteiger partial charge in [0.05, 0.1) is 34.0 Å². The van der Waals surface area contributed by atoms with Crippen molar-refractivity contribution in [3.05, 3.63) is 52.1 Å². The Labute approximate surface area is 227 Å². The lowest BCUT2D eigenvalue weighted by Gasteiger charge is -2.38. The Morgan fingerprint density at radius 1 is 0.923 bits per heavy atom. The summed E-state index contributed by atoms with van der Waals surface area (Å²) >= 11 is 0. The van der Waals surface area contributed by atoms with Gasteiger partial charge in [0.2, 0.25) is 5.75 Å². The van der Waals surface area contributed by atoms with E-state index < -0.39 is 6.10 Å². The molecule has 0 spiro atoms. The third-order valence-electron chi connectivity index (χ3n) is 8.05. The summed E-state index contributed by atoms with van der Waals surface area (Å²) in [6.45, 7) is 4.16. The molecule has 2 aliphatic heterocycles. The number of phenolic OH excluding ortho intramolecular Hbond substituents is 1. The summed E-state index contributed by atoms with van der Waals surface area (Å²) in [6, 6.07) is 7.46. The maximum atomic E-state index is 11.8. The molecule has 2 atom stereocenters. The molecule has 0 amide bonds. The first-order chi connectivity index (χ1) is 19.0. The van der Waals surface area contributed by atoms with Gasteiger partial charge in [-0.05, 0) is 48.2 Å². The van der Waals surface area contributed by atoms with Crippen molar-refractivity contribution in [2.45, 2.75) is 38.3 Å². The van der Waals surface area contributed by atoms with Crippen molar-refractivity contribution in [3.63, 3.8) is 0 Å². The number of hydrogen-bond donors (Lipinski definition) is 4. The molecule has 4 N–H and O–H groups in total. The van der Waals surface area contributed by atoms with Crippen LogP contribution in [0.1, 0.15) is 46.8 Å². The molecule has 6 rings (SSSR count). The third kappa shape index (κ3) is 3.99. The van der Waals surface area contributed by atoms with E-state index >= 15 is 0 Å². The molecule has 2 heterocycles. The number of rotatable bonds is 8. The van der Waals surface area contributed by atoms with Gasteiger partial charge in [-0.2, -0.15) is 0 Å². The van der Waals surface area contributed by atoms with E-state index in [0.717, 1.165) is 75.5 Å². The summed E-state index contributed by atoms with van der Waals surface area (Å²) in [5, 5.41) is 29.0. The molecule has 0 aromatic heterocycles. The molecule has 0 fully saturated rings. The molecule has 39 heavy (non-hydrogen) atoms. The maximum absolute atomic E-state index is 11.8. The zero-order chi connectivity index (χ0) is 27.3. The fraction of sp³-hybridized carbons (Fsp3) is 0.400. The topological polar surface area (TPSA) is 111 Å². The number of anilines is 1. The van der Waals surface area contributed by atoms with Crippen LogP contribution in [-0.2, 0) is 19.4 Å². The van der Waals surface area contributed by atoms with Crippen LogP contribution in [-0.4, -0.2) is 51.4 Å². The summed E-state index contributed by atoms with van der Waals surface area (Å²) in [5.74, 6) is 2.41. The average molecular weight is 535 g/mol. The van der Waals surface area contributed by atoms with Gasteiger partial charge in [-0.25, -0.2) is 0 Å². The molecule has 0 saturated heterocycles. The predicted molar refractivity (Wildman–Crippen MR) is 147 cm³/mol. The Bertz CT molecular complexity index is 1410. The van der Waals surface area contributed by atoms with E-state index in [0.29, 0.717) is 19.0 Å². The van der Waals surface area contributed by atoms with Crippen molar-refractivity contribution < 1.29 is 33.9 Å². The SMILES string of the molecule is CCNCOc1cc(OC)c2c3c1CNc1cc4c(c(c1-3)CC2)C(O)C(c1cc(OC)c(O)c(OC)c1)CO4. The van der Waals surface area contributed by atoms with Crippen molar-refractivity contribution in [1.29, 1.82) is 0 Å². The molecule has 0 saturated carbocycles. The van der Waals surface area contributed by atoms with Gasteiger partial charge in [0.25, 0.3) is 0 Å². The predicted octanol–water partition coefficient (Wildman–Crippen LogP) is 4.26. The fourth-order valence-electron chi connectivity index (χ4n) is 6.16. The van der Waals surface area contributed by atoms with Gasteiger partial charge < -0.3 is 39.2 Å². The van der Waals surface area contributed by atoms with Gasteiger partial charge >= 0.3 is 0 Å². The van der Waals surface area contributed by atoms with Crippen molar-refractivity contribution in [3.8, 4) is 45.6 Å². The van der Waals surface area contributed by atoms with Crippen LogP contribution in [0.4, 0.5) is 5.69 Å². The van der Waals surface area contributed by atoms with Crippen LogP contribution in [0.15, 0.2) is 24.3 Å². The quantitative estimate of drug-likeness (QED) is 0.249. The number of aliphatic hydroxyl groups is 1. The highest BCUT2D eigenvalue weighted by atomic mass is 16.5. The number of benzene rings is 3. The second kappa shape index (κ2) is 10.1. The monoisotopic (exact) mass is 534 g/mol. The zero-order valence-corrected chi connectivity index (χ0v) is 22.6. The minimum absolute atomic E-state index is 0.0733. The van der Waals surface area contributed by atoms with Crippen LogP contribution in [0.3, 0.4) is 0 Å². The van der Waals surface area contributed by atoms with E-state index in [2.05, 4.69) is 10.6 Å². The zero-order valence-electron chi connectivity index (χ0n) is 22.6. The number of aliphatic hydroxyl groups excluding tert-OH is 1. The summed E-state index contributed by atoms with van der Waals surface area (Å²) in [4.78, 5) is 0. The third-order valence-corrected chi connectivity index (χ3v) is 8.05. The number of hydrogen-bond acceptors (Lipinski definition) is 9. The summed E-state index contributed by atoms with van der Waals surface area (Å²) in [7, 11) is 4.67. The maximum Gasteiger partial charge on any atom is 0.200 e. The number of methoxy groups -OCH3 is 3. The average Bonchev–Trinajstić information content (AvgIpc) is 2.96. The Kier molecular flexibility index (Phi) is 6.56. The second-order valence-electron chi connectivity index (χ2n) is 9.98. The largest absolute Gasteiger partial charge is 0.502 e. The van der Waals surface area contributed by atoms with Gasteiger partial charge in [-0.3, -0.25) is 5.32 Å². The molecule has 0 radical (unpaired) electrons. The van der Waals surface area contributed by atoms with E-state index in [4.69, 9.17) is 23.7 Å². The van der Waals surface area contributed by atoms with Crippen LogP contribution in [0, 0.1) is 0 Å². The van der Waals surface area contributed by atoms with E-state index in [1.807, 2.05) is 19.1 Å². The van der Waals surface area contributed by atoms with Crippen LogP contribution < -0.4 is 34.3 Å². The lowest BCUT2D eigenvalue weighted by atomic mass is 9.74. The van der Waals surface area contributed by atoms with Crippen molar-refractivity contribution in [2.24, 2.45) is 0 Å². The van der Waals surface area contributed by atoms with Crippen molar-refractivity contribution in [1.82, 2.24) is 5.32 Å². The summed E-state index contributed by atoms with van der Waals surface area (Å²) < 4.78 is 29.0. The lowest BCUT2D eigenvalue weighted by molar-refractivity contribution is 0.0878. The highest BCUT2D eigenvalue weighted by Gasteiger charge is 2.39. The van der Waals surface area contributed by atoms with Crippen molar-refractivity contribution in [2.75, 3.05) is 46.5 Å². The molecular weight excluding hydrogens is 500 g/mol. The molecule has 9 nitrogen and oxygen atoms in total. The van der Waals surface area contributed by atoms with Crippen LogP contribution in [0.25, 0.3) is 11.1 Å². The second-order valence-corrected chi connectivity index (χ2v) is 9.98. The molecule has 3 aliphatic rings. The van der Waals surface area contributed by atoms with Crippen molar-refractivity contribution >= 4 is 5.69 Å². The molecule has 2 unspecified atom stereocenters. The number of ether oxygens (including phenoxy) is 5. The Morgan fingerprint density at radius 2 is 1.64 bits per heavy atom. The molecule has 3 aromatic rings. The van der Waals surface area contributed by atoms with Gasteiger partial charge in [0.1, 0.15) is 24.0 Å². The Morgan fingerprint density at radius 3 is 2.33 bits per heavy atom. The highest BCUT2D eigenvalue weighted by Crippen LogP contribution is 2.55. The highest BCUT2D eigenvalue weighted by molar-refractivity contribution is 5.93. The van der Waals surface area contributed by atoms with E-state index in [-0.39, 0.29) is 29.8 Å². The smallest absolute Gasteiger partial charge is 0.200 e. The molecular formula is C30H34N2O7. The van der Waals surface area contributed by atoms with Gasteiger partial charge in [-0.1, -0.05) is 6.92 Å². The fourth-order valence-corrected chi connectivity index (χ4v) is 6.16. The first kappa shape index (κ1) is 25.5. The molecule has 1 aliphatic carbocycles. The molecule has 9 heteroatoms. The van der Waals surface area contributed by atoms with Crippen LogP contribution in [0.2, 0.25) is 0 Å². The van der Waals surface area contributed by atoms with Crippen LogP contribution >= 0.6 is 0 Å². The number of aromatic hydroxyl groups is 1. The Hall–Kier alpha value is -3.82. The standard InChI is InChI=1S/C30H34N2O7/c1-5-31-14-39-22-11-21(35-2)16-6-7-17-27-20(32-12-18(22)26(16)27)10-23-28(17)29(33)19(13-38-23)15-8-24(36-3)30(34)25(9-15)37-4/h8-11,19,29,31-34H,5-7,12-14H2,1-4H3. The lowest BCUT2D eigenvalue weighted by Crippen LogP contribution is -2.28. The molecule has 3 aromatic carbocycles. The summed E-state index contributed by atoms with van der Waals surface area (Å²) in [6.07, 6.45) is 0.693. The number of fused-ring (bicyclic) bond motifs is 2. The first-order valence-corrected chi connectivity index (χ1v) is 13.3. The minimum atomic E-state index is -0.824. The minimum Gasteiger partial charge on any atom is -0.502 e. The molecule has 0 bridgehead atoms. The molecule has 206 valence electrons. The van der Waals surface area contributed by atoms with E-state index in [1.54, 1.807) is 19.2 Å². The van der Waals surface area contributed by atoms with Gasteiger partial charge in [0.15, 0.2) is 11.5 Å². The van der Waals surface area contributed by atoms with Gasteiger partial charge in [-0.15, -0.1) is 0 Å². The van der Waals surface area contributed by atoms with Crippen LogP contribution in [0.5, 0.6) is 34.5 Å². The Balaban J connectivity index is 1.48. The normalized spacial score (nSPS) is 18.3. The number of nitrogens with one attached hydrogen (secondary N) is 2.